The van der Waals surface area contributed by atoms with Crippen LogP contribution in [0.5, 0.6) is 5.75 Å². The van der Waals surface area contributed by atoms with Gasteiger partial charge in [0.25, 0.3) is 0 Å². The number of esters is 1. The highest BCUT2D eigenvalue weighted by Crippen LogP contribution is 2.23. The lowest BCUT2D eigenvalue weighted by atomic mass is 10.1. The Labute approximate surface area is 116 Å². The van der Waals surface area contributed by atoms with Crippen LogP contribution in [0.25, 0.3) is 0 Å². The molecule has 0 aromatic heterocycles. The topological polar surface area (TPSA) is 61.5 Å². The molecule has 2 N–H and O–H groups in total. The summed E-state index contributed by atoms with van der Waals surface area (Å²) in [5.41, 5.74) is 6.63. The van der Waals surface area contributed by atoms with E-state index in [0.717, 1.165) is 22.2 Å². The molecule has 0 fully saturated rings. The average Bonchev–Trinajstić information content (AvgIpc) is 2.36. The summed E-state index contributed by atoms with van der Waals surface area (Å²) in [6.45, 7) is 1.07. The quantitative estimate of drug-likeness (QED) is 0.619. The fraction of sp³-hybridized carbons (Fsp3) is 0.462. The summed E-state index contributed by atoms with van der Waals surface area (Å²) < 4.78 is 11.2. The van der Waals surface area contributed by atoms with Crippen molar-refractivity contribution >= 4 is 21.9 Å². The van der Waals surface area contributed by atoms with E-state index in [4.69, 9.17) is 10.5 Å². The molecule has 0 heterocycles. The Morgan fingerprint density at radius 2 is 2.22 bits per heavy atom. The summed E-state index contributed by atoms with van der Waals surface area (Å²) in [7, 11) is 1.39. The number of hydrogen-bond acceptors (Lipinski definition) is 4. The van der Waals surface area contributed by atoms with Crippen LogP contribution in [0.3, 0.4) is 0 Å². The number of carbonyl (C=O) groups excluding carboxylic acids is 1. The van der Waals surface area contributed by atoms with Crippen molar-refractivity contribution in [2.24, 2.45) is 5.73 Å². The molecule has 0 saturated heterocycles. The van der Waals surface area contributed by atoms with Crippen LogP contribution in [0.15, 0.2) is 22.7 Å². The number of rotatable bonds is 7. The molecule has 100 valence electrons. The minimum absolute atomic E-state index is 0.211. The van der Waals surface area contributed by atoms with Gasteiger partial charge < -0.3 is 15.2 Å². The van der Waals surface area contributed by atoms with Crippen LogP contribution < -0.4 is 10.5 Å². The van der Waals surface area contributed by atoms with Crippen molar-refractivity contribution in [1.29, 1.82) is 0 Å². The van der Waals surface area contributed by atoms with Crippen LogP contribution >= 0.6 is 15.9 Å². The molecule has 18 heavy (non-hydrogen) atoms. The molecular formula is C13H18BrNO3. The zero-order valence-electron chi connectivity index (χ0n) is 10.4. The highest BCUT2D eigenvalue weighted by atomic mass is 79.9. The normalized spacial score (nSPS) is 10.2. The molecule has 1 aromatic rings. The van der Waals surface area contributed by atoms with Crippen LogP contribution in [-0.4, -0.2) is 26.2 Å². The smallest absolute Gasteiger partial charge is 0.305 e. The van der Waals surface area contributed by atoms with E-state index in [1.807, 2.05) is 18.2 Å². The first-order chi connectivity index (χ1) is 8.67. The largest absolute Gasteiger partial charge is 0.493 e. The maximum absolute atomic E-state index is 10.9. The zero-order valence-corrected chi connectivity index (χ0v) is 12.0. The van der Waals surface area contributed by atoms with Crippen LogP contribution in [0, 0.1) is 0 Å². The van der Waals surface area contributed by atoms with E-state index in [9.17, 15) is 4.79 Å². The summed E-state index contributed by atoms with van der Waals surface area (Å²) in [6, 6.07) is 5.84. The molecule has 0 aliphatic rings. The van der Waals surface area contributed by atoms with Gasteiger partial charge in [-0.15, -0.1) is 0 Å². The van der Waals surface area contributed by atoms with Crippen LogP contribution in [-0.2, 0) is 16.0 Å². The average molecular weight is 316 g/mol. The van der Waals surface area contributed by atoms with Crippen molar-refractivity contribution in [3.63, 3.8) is 0 Å². The van der Waals surface area contributed by atoms with Crippen molar-refractivity contribution in [3.8, 4) is 5.75 Å². The molecule has 0 spiro atoms. The van der Waals surface area contributed by atoms with Gasteiger partial charge in [0.15, 0.2) is 0 Å². The monoisotopic (exact) mass is 315 g/mol. The maximum Gasteiger partial charge on any atom is 0.305 e. The third-order valence-electron chi connectivity index (χ3n) is 2.45. The number of benzene rings is 1. The molecule has 1 rings (SSSR count). The molecule has 0 atom stereocenters. The summed E-state index contributed by atoms with van der Waals surface area (Å²) in [6.07, 6.45) is 1.79. The lowest BCUT2D eigenvalue weighted by Gasteiger charge is -2.11. The van der Waals surface area contributed by atoms with Crippen LogP contribution in [0.2, 0.25) is 0 Å². The highest BCUT2D eigenvalue weighted by molar-refractivity contribution is 9.10. The first-order valence-electron chi connectivity index (χ1n) is 5.85. The van der Waals surface area contributed by atoms with Gasteiger partial charge >= 0.3 is 5.97 Å². The van der Waals surface area contributed by atoms with E-state index < -0.39 is 0 Å². The third-order valence-corrected chi connectivity index (χ3v) is 2.94. The van der Waals surface area contributed by atoms with E-state index in [-0.39, 0.29) is 5.97 Å². The number of ether oxygens (including phenoxy) is 2. The first-order valence-corrected chi connectivity index (χ1v) is 6.64. The summed E-state index contributed by atoms with van der Waals surface area (Å²) in [5.74, 6) is 0.616. The Bertz CT molecular complexity index is 396. The number of halogens is 1. The number of nitrogens with two attached hydrogens (primary N) is 1. The highest BCUT2D eigenvalue weighted by Gasteiger charge is 2.05. The van der Waals surface area contributed by atoms with Gasteiger partial charge in [0.2, 0.25) is 0 Å². The van der Waals surface area contributed by atoms with E-state index in [1.54, 1.807) is 0 Å². The number of methoxy groups -OCH3 is 1. The standard InChI is InChI=1S/C13H18BrNO3/c1-17-13(16)3-2-8-18-12-5-4-11(14)9-10(12)6-7-15/h4-5,9H,2-3,6-8,15H2,1H3. The molecule has 0 unspecified atom stereocenters. The fourth-order valence-corrected chi connectivity index (χ4v) is 1.95. The minimum Gasteiger partial charge on any atom is -0.493 e. The van der Waals surface area contributed by atoms with Crippen LogP contribution in [0.1, 0.15) is 18.4 Å². The van der Waals surface area contributed by atoms with Crippen molar-refractivity contribution in [2.75, 3.05) is 20.3 Å². The number of carbonyl (C=O) groups is 1. The van der Waals surface area contributed by atoms with Gasteiger partial charge in [0.05, 0.1) is 13.7 Å². The Hall–Kier alpha value is -1.07. The lowest BCUT2D eigenvalue weighted by molar-refractivity contribution is -0.140. The Morgan fingerprint density at radius 3 is 2.89 bits per heavy atom. The van der Waals surface area contributed by atoms with Gasteiger partial charge in [-0.05, 0) is 43.1 Å². The molecule has 1 aromatic carbocycles. The SMILES string of the molecule is COC(=O)CCCOc1ccc(Br)cc1CCN. The Morgan fingerprint density at radius 1 is 1.44 bits per heavy atom. The summed E-state index contributed by atoms with van der Waals surface area (Å²) >= 11 is 3.42. The van der Waals surface area contributed by atoms with Crippen molar-refractivity contribution in [1.82, 2.24) is 0 Å². The van der Waals surface area contributed by atoms with Gasteiger partial charge in [-0.1, -0.05) is 15.9 Å². The van der Waals surface area contributed by atoms with Gasteiger partial charge in [-0.2, -0.15) is 0 Å². The van der Waals surface area contributed by atoms with E-state index in [1.165, 1.54) is 7.11 Å². The Kier molecular flexibility index (Phi) is 6.75. The van der Waals surface area contributed by atoms with E-state index in [2.05, 4.69) is 20.7 Å². The molecule has 0 amide bonds. The molecule has 0 aliphatic heterocycles. The van der Waals surface area contributed by atoms with Crippen molar-refractivity contribution < 1.29 is 14.3 Å². The maximum atomic E-state index is 10.9. The predicted molar refractivity (Wildman–Crippen MR) is 73.6 cm³/mol. The molecular weight excluding hydrogens is 298 g/mol. The number of hydrogen-bond donors (Lipinski definition) is 1. The van der Waals surface area contributed by atoms with Crippen LogP contribution in [0.4, 0.5) is 0 Å². The van der Waals surface area contributed by atoms with Gasteiger partial charge in [-0.3, -0.25) is 4.79 Å². The minimum atomic E-state index is -0.211. The second-order valence-electron chi connectivity index (χ2n) is 3.82. The first kappa shape index (κ1) is 15.0. The second kappa shape index (κ2) is 8.11. The second-order valence-corrected chi connectivity index (χ2v) is 4.73. The van der Waals surface area contributed by atoms with Gasteiger partial charge in [0.1, 0.15) is 5.75 Å². The van der Waals surface area contributed by atoms with Gasteiger partial charge in [-0.25, -0.2) is 0 Å². The predicted octanol–water partition coefficient (Wildman–Crippen LogP) is 2.28. The molecule has 4 nitrogen and oxygen atoms in total. The lowest BCUT2D eigenvalue weighted by Crippen LogP contribution is -2.08. The fourth-order valence-electron chi connectivity index (χ4n) is 1.54. The molecule has 5 heteroatoms. The van der Waals surface area contributed by atoms with E-state index in [0.29, 0.717) is 26.0 Å². The molecule has 0 aliphatic carbocycles. The van der Waals surface area contributed by atoms with Gasteiger partial charge in [0, 0.05) is 10.9 Å². The zero-order chi connectivity index (χ0) is 13.4. The van der Waals surface area contributed by atoms with E-state index >= 15 is 0 Å². The summed E-state index contributed by atoms with van der Waals surface area (Å²) in [4.78, 5) is 10.9. The molecule has 0 saturated carbocycles. The van der Waals surface area contributed by atoms with Crippen molar-refractivity contribution in [2.45, 2.75) is 19.3 Å². The Balaban J connectivity index is 2.48. The summed E-state index contributed by atoms with van der Waals surface area (Å²) in [5, 5.41) is 0. The third kappa shape index (κ3) is 5.06. The van der Waals surface area contributed by atoms with Crippen molar-refractivity contribution in [3.05, 3.63) is 28.2 Å². The molecule has 0 radical (unpaired) electrons. The molecule has 0 bridgehead atoms.